The van der Waals surface area contributed by atoms with E-state index in [4.69, 9.17) is 10.5 Å². The third-order valence-corrected chi connectivity index (χ3v) is 2.23. The Morgan fingerprint density at radius 2 is 2.43 bits per heavy atom. The molecule has 1 aromatic rings. The van der Waals surface area contributed by atoms with E-state index in [9.17, 15) is 0 Å². The summed E-state index contributed by atoms with van der Waals surface area (Å²) in [6, 6.07) is 1.95. The van der Waals surface area contributed by atoms with Crippen LogP contribution >= 0.6 is 0 Å². The highest BCUT2D eigenvalue weighted by Crippen LogP contribution is 2.28. The maximum absolute atomic E-state index is 5.62. The van der Waals surface area contributed by atoms with Gasteiger partial charge >= 0.3 is 0 Å². The Morgan fingerprint density at radius 3 is 3.00 bits per heavy atom. The first-order valence-electron chi connectivity index (χ1n) is 4.87. The van der Waals surface area contributed by atoms with E-state index in [2.05, 4.69) is 10.3 Å². The second-order valence-electron chi connectivity index (χ2n) is 3.44. The maximum Gasteiger partial charge on any atom is 0.140 e. The van der Waals surface area contributed by atoms with Crippen LogP contribution in [-0.2, 0) is 6.54 Å². The molecule has 1 aliphatic carbocycles. The number of hydrogen-bond acceptors (Lipinski definition) is 4. The van der Waals surface area contributed by atoms with E-state index < -0.39 is 0 Å². The Kier molecular flexibility index (Phi) is 2.54. The molecule has 0 saturated heterocycles. The molecule has 0 unspecified atom stereocenters. The van der Waals surface area contributed by atoms with Crippen molar-refractivity contribution in [1.82, 2.24) is 4.98 Å². The van der Waals surface area contributed by atoms with Gasteiger partial charge in [-0.1, -0.05) is 0 Å². The van der Waals surface area contributed by atoms with Crippen molar-refractivity contribution in [2.45, 2.75) is 25.5 Å². The summed E-state index contributed by atoms with van der Waals surface area (Å²) >= 11 is 0. The average molecular weight is 193 g/mol. The van der Waals surface area contributed by atoms with Gasteiger partial charge in [0.2, 0.25) is 0 Å². The summed E-state index contributed by atoms with van der Waals surface area (Å²) in [7, 11) is 1.86. The Bertz CT molecular complexity index is 323. The lowest BCUT2D eigenvalue weighted by Gasteiger charge is -2.09. The fourth-order valence-electron chi connectivity index (χ4n) is 1.30. The van der Waals surface area contributed by atoms with Crippen LogP contribution in [0.15, 0.2) is 12.3 Å². The summed E-state index contributed by atoms with van der Waals surface area (Å²) in [5.74, 6) is 0.828. The lowest BCUT2D eigenvalue weighted by molar-refractivity contribution is 0.302. The van der Waals surface area contributed by atoms with E-state index in [1.54, 1.807) is 6.20 Å². The van der Waals surface area contributed by atoms with Gasteiger partial charge in [0.25, 0.3) is 0 Å². The number of hydrogen-bond donors (Lipinski definition) is 2. The molecule has 0 spiro atoms. The Labute approximate surface area is 83.5 Å². The van der Waals surface area contributed by atoms with Crippen LogP contribution in [0.25, 0.3) is 0 Å². The number of nitrogens with two attached hydrogens (primary N) is 1. The monoisotopic (exact) mass is 193 g/mol. The molecular formula is C10H15N3O. The third-order valence-electron chi connectivity index (χ3n) is 2.23. The average Bonchev–Trinajstić information content (AvgIpc) is 3.01. The molecule has 1 saturated carbocycles. The first-order valence-corrected chi connectivity index (χ1v) is 4.87. The lowest BCUT2D eigenvalue weighted by Crippen LogP contribution is -2.06. The van der Waals surface area contributed by atoms with Crippen LogP contribution in [0.3, 0.4) is 0 Å². The van der Waals surface area contributed by atoms with E-state index in [0.717, 1.165) is 30.0 Å². The molecule has 2 rings (SSSR count). The van der Waals surface area contributed by atoms with Crippen molar-refractivity contribution < 1.29 is 4.74 Å². The third kappa shape index (κ3) is 1.96. The highest BCUT2D eigenvalue weighted by Gasteiger charge is 2.23. The van der Waals surface area contributed by atoms with Gasteiger partial charge in [-0.05, 0) is 12.8 Å². The van der Waals surface area contributed by atoms with Gasteiger partial charge in [0.05, 0.1) is 23.7 Å². The number of pyridine rings is 1. The van der Waals surface area contributed by atoms with Gasteiger partial charge in [0.1, 0.15) is 5.75 Å². The van der Waals surface area contributed by atoms with Gasteiger partial charge in [-0.15, -0.1) is 0 Å². The van der Waals surface area contributed by atoms with Crippen LogP contribution in [0.1, 0.15) is 18.5 Å². The summed E-state index contributed by atoms with van der Waals surface area (Å²) in [6.07, 6.45) is 4.47. The van der Waals surface area contributed by atoms with Crippen LogP contribution in [-0.4, -0.2) is 18.1 Å². The molecule has 4 heteroatoms. The number of anilines is 1. The summed E-state index contributed by atoms with van der Waals surface area (Å²) in [6.45, 7) is 0.444. The number of ether oxygens (including phenoxy) is 1. The first-order chi connectivity index (χ1) is 6.83. The molecule has 0 amide bonds. The molecule has 1 heterocycles. The highest BCUT2D eigenvalue weighted by molar-refractivity contribution is 5.51. The minimum absolute atomic E-state index is 0.408. The molecular weight excluding hydrogens is 178 g/mol. The van der Waals surface area contributed by atoms with Crippen molar-refractivity contribution >= 4 is 5.69 Å². The largest absolute Gasteiger partial charge is 0.489 e. The minimum Gasteiger partial charge on any atom is -0.489 e. The number of rotatable bonds is 4. The molecule has 1 aromatic heterocycles. The molecule has 1 aliphatic rings. The van der Waals surface area contributed by atoms with Crippen LogP contribution < -0.4 is 15.8 Å². The zero-order valence-corrected chi connectivity index (χ0v) is 8.29. The molecule has 4 nitrogen and oxygen atoms in total. The van der Waals surface area contributed by atoms with Gasteiger partial charge in [-0.3, -0.25) is 4.98 Å². The SMILES string of the molecule is CNc1cc(OC2CC2)cnc1CN. The van der Waals surface area contributed by atoms with Crippen molar-refractivity contribution in [2.75, 3.05) is 12.4 Å². The van der Waals surface area contributed by atoms with E-state index >= 15 is 0 Å². The Hall–Kier alpha value is -1.29. The molecule has 0 atom stereocenters. The van der Waals surface area contributed by atoms with E-state index in [1.807, 2.05) is 13.1 Å². The first kappa shape index (κ1) is 9.27. The second kappa shape index (κ2) is 3.84. The van der Waals surface area contributed by atoms with Crippen molar-refractivity contribution in [3.05, 3.63) is 18.0 Å². The second-order valence-corrected chi connectivity index (χ2v) is 3.44. The molecule has 0 bridgehead atoms. The molecule has 14 heavy (non-hydrogen) atoms. The molecule has 0 aliphatic heterocycles. The smallest absolute Gasteiger partial charge is 0.140 e. The van der Waals surface area contributed by atoms with Crippen molar-refractivity contribution in [3.8, 4) is 5.75 Å². The Morgan fingerprint density at radius 1 is 1.64 bits per heavy atom. The van der Waals surface area contributed by atoms with Crippen LogP contribution in [0.4, 0.5) is 5.69 Å². The molecule has 3 N–H and O–H groups in total. The van der Waals surface area contributed by atoms with Crippen molar-refractivity contribution in [2.24, 2.45) is 5.73 Å². The van der Waals surface area contributed by atoms with Gasteiger partial charge in [0.15, 0.2) is 0 Å². The molecule has 0 aromatic carbocycles. The van der Waals surface area contributed by atoms with Crippen LogP contribution in [0.2, 0.25) is 0 Å². The summed E-state index contributed by atoms with van der Waals surface area (Å²) < 4.78 is 5.62. The lowest BCUT2D eigenvalue weighted by atomic mass is 10.3. The normalized spacial score (nSPS) is 15.3. The fourth-order valence-corrected chi connectivity index (χ4v) is 1.30. The number of nitrogens with one attached hydrogen (secondary N) is 1. The van der Waals surface area contributed by atoms with E-state index in [0.29, 0.717) is 12.6 Å². The molecule has 76 valence electrons. The van der Waals surface area contributed by atoms with Crippen molar-refractivity contribution in [3.63, 3.8) is 0 Å². The summed E-state index contributed by atoms with van der Waals surface area (Å²) in [5.41, 5.74) is 7.37. The quantitative estimate of drug-likeness (QED) is 0.752. The fraction of sp³-hybridized carbons (Fsp3) is 0.500. The Balaban J connectivity index is 2.16. The summed E-state index contributed by atoms with van der Waals surface area (Å²) in [5, 5.41) is 3.06. The maximum atomic E-state index is 5.62. The van der Waals surface area contributed by atoms with Gasteiger partial charge in [-0.2, -0.15) is 0 Å². The van der Waals surface area contributed by atoms with Crippen LogP contribution in [0, 0.1) is 0 Å². The van der Waals surface area contributed by atoms with Crippen molar-refractivity contribution in [1.29, 1.82) is 0 Å². The number of aromatic nitrogens is 1. The standard InChI is InChI=1S/C10H15N3O/c1-12-9-4-8(14-7-2-3-7)6-13-10(9)5-11/h4,6-7,12H,2-3,5,11H2,1H3. The van der Waals surface area contributed by atoms with E-state index in [-0.39, 0.29) is 0 Å². The van der Waals surface area contributed by atoms with E-state index in [1.165, 1.54) is 0 Å². The summed E-state index contributed by atoms with van der Waals surface area (Å²) in [4.78, 5) is 4.24. The van der Waals surface area contributed by atoms with Gasteiger partial charge < -0.3 is 15.8 Å². The zero-order chi connectivity index (χ0) is 9.97. The highest BCUT2D eigenvalue weighted by atomic mass is 16.5. The predicted octanol–water partition coefficient (Wildman–Crippen LogP) is 1.12. The van der Waals surface area contributed by atoms with Gasteiger partial charge in [-0.25, -0.2) is 0 Å². The minimum atomic E-state index is 0.408. The topological polar surface area (TPSA) is 60.2 Å². The molecule has 1 fully saturated rings. The molecule has 0 radical (unpaired) electrons. The zero-order valence-electron chi connectivity index (χ0n) is 8.29. The number of nitrogens with zero attached hydrogens (tertiary/aromatic N) is 1. The van der Waals surface area contributed by atoms with Crippen LogP contribution in [0.5, 0.6) is 5.75 Å². The van der Waals surface area contributed by atoms with Gasteiger partial charge in [0, 0.05) is 19.7 Å². The predicted molar refractivity (Wildman–Crippen MR) is 55.3 cm³/mol.